The number of methoxy groups -OCH3 is 2. The zero-order chi connectivity index (χ0) is 13.8. The number of halogens is 1. The molecule has 0 radical (unpaired) electrons. The predicted molar refractivity (Wildman–Crippen MR) is 66.0 cm³/mol. The van der Waals surface area contributed by atoms with Crippen LogP contribution in [0.3, 0.4) is 0 Å². The molecular formula is C13H18FNO3. The predicted octanol–water partition coefficient (Wildman–Crippen LogP) is 1.61. The first-order chi connectivity index (χ1) is 8.46. The molecule has 0 bridgehead atoms. The van der Waals surface area contributed by atoms with Crippen LogP contribution in [0, 0.1) is 5.82 Å². The van der Waals surface area contributed by atoms with Gasteiger partial charge in [-0.2, -0.15) is 0 Å². The minimum atomic E-state index is -0.653. The van der Waals surface area contributed by atoms with Gasteiger partial charge in [-0.3, -0.25) is 4.79 Å². The Hall–Kier alpha value is -1.62. The Morgan fingerprint density at radius 1 is 1.44 bits per heavy atom. The molecule has 18 heavy (non-hydrogen) atoms. The maximum absolute atomic E-state index is 13.7. The zero-order valence-corrected chi connectivity index (χ0v) is 10.8. The fourth-order valence-corrected chi connectivity index (χ4v) is 1.72. The summed E-state index contributed by atoms with van der Waals surface area (Å²) in [7, 11) is 2.71. The Bertz CT molecular complexity index is 436. The van der Waals surface area contributed by atoms with Gasteiger partial charge in [0.1, 0.15) is 0 Å². The summed E-state index contributed by atoms with van der Waals surface area (Å²) in [5, 5.41) is 0. The van der Waals surface area contributed by atoms with Crippen molar-refractivity contribution in [2.24, 2.45) is 5.73 Å². The summed E-state index contributed by atoms with van der Waals surface area (Å²) in [4.78, 5) is 11.4. The van der Waals surface area contributed by atoms with Crippen LogP contribution in [-0.2, 0) is 14.9 Å². The van der Waals surface area contributed by atoms with E-state index < -0.39 is 11.2 Å². The second-order valence-electron chi connectivity index (χ2n) is 4.37. The third-order valence-electron chi connectivity index (χ3n) is 3.06. The fourth-order valence-electron chi connectivity index (χ4n) is 1.72. The maximum Gasteiger partial charge on any atom is 0.306 e. The van der Waals surface area contributed by atoms with E-state index in [-0.39, 0.29) is 24.7 Å². The molecule has 0 saturated heterocycles. The van der Waals surface area contributed by atoms with Crippen LogP contribution in [0.25, 0.3) is 0 Å². The minimum absolute atomic E-state index is 0.103. The van der Waals surface area contributed by atoms with Crippen molar-refractivity contribution < 1.29 is 18.7 Å². The Morgan fingerprint density at radius 3 is 2.56 bits per heavy atom. The molecule has 5 heteroatoms. The third-order valence-corrected chi connectivity index (χ3v) is 3.06. The average Bonchev–Trinajstić information content (AvgIpc) is 2.38. The number of ether oxygens (including phenoxy) is 2. The summed E-state index contributed by atoms with van der Waals surface area (Å²) < 4.78 is 23.1. The van der Waals surface area contributed by atoms with Gasteiger partial charge in [-0.25, -0.2) is 4.39 Å². The molecule has 0 aliphatic carbocycles. The van der Waals surface area contributed by atoms with Gasteiger partial charge in [-0.05, 0) is 17.7 Å². The van der Waals surface area contributed by atoms with Gasteiger partial charge in [-0.15, -0.1) is 0 Å². The van der Waals surface area contributed by atoms with Crippen molar-refractivity contribution in [3.8, 4) is 5.75 Å². The van der Waals surface area contributed by atoms with E-state index in [1.54, 1.807) is 13.0 Å². The molecule has 0 saturated carbocycles. The Labute approximate surface area is 106 Å². The van der Waals surface area contributed by atoms with Gasteiger partial charge in [0.25, 0.3) is 0 Å². The van der Waals surface area contributed by atoms with Crippen molar-refractivity contribution >= 4 is 5.97 Å². The van der Waals surface area contributed by atoms with E-state index in [9.17, 15) is 9.18 Å². The lowest BCUT2D eigenvalue weighted by atomic mass is 9.79. The molecule has 1 aromatic rings. The lowest BCUT2D eigenvalue weighted by molar-refractivity contribution is -0.141. The van der Waals surface area contributed by atoms with E-state index in [1.165, 1.54) is 26.4 Å². The summed E-state index contributed by atoms with van der Waals surface area (Å²) in [5.74, 6) is -0.685. The highest BCUT2D eigenvalue weighted by Crippen LogP contribution is 2.30. The molecule has 0 aliphatic rings. The molecular weight excluding hydrogens is 237 g/mol. The van der Waals surface area contributed by atoms with Crippen molar-refractivity contribution in [2.45, 2.75) is 18.8 Å². The smallest absolute Gasteiger partial charge is 0.306 e. The molecule has 4 nitrogen and oxygen atoms in total. The Morgan fingerprint density at radius 2 is 2.11 bits per heavy atom. The van der Waals surface area contributed by atoms with Crippen LogP contribution in [0.15, 0.2) is 18.2 Å². The van der Waals surface area contributed by atoms with E-state index >= 15 is 0 Å². The number of carbonyl (C=O) groups is 1. The SMILES string of the molecule is COC(=O)CC(C)(CN)c1ccc(OC)c(F)c1. The monoisotopic (exact) mass is 255 g/mol. The van der Waals surface area contributed by atoms with Crippen LogP contribution < -0.4 is 10.5 Å². The van der Waals surface area contributed by atoms with Gasteiger partial charge < -0.3 is 15.2 Å². The fraction of sp³-hybridized carbons (Fsp3) is 0.462. The van der Waals surface area contributed by atoms with E-state index in [0.717, 1.165) is 0 Å². The molecule has 1 rings (SSSR count). The van der Waals surface area contributed by atoms with Crippen molar-refractivity contribution in [3.05, 3.63) is 29.6 Å². The number of carbonyl (C=O) groups excluding carboxylic acids is 1. The number of rotatable bonds is 5. The number of hydrogen-bond donors (Lipinski definition) is 1. The van der Waals surface area contributed by atoms with E-state index in [2.05, 4.69) is 4.74 Å². The van der Waals surface area contributed by atoms with Gasteiger partial charge in [-0.1, -0.05) is 13.0 Å². The summed E-state index contributed by atoms with van der Waals surface area (Å²) in [6, 6.07) is 4.57. The molecule has 0 aliphatic heterocycles. The van der Waals surface area contributed by atoms with Gasteiger partial charge in [0, 0.05) is 12.0 Å². The first-order valence-electron chi connectivity index (χ1n) is 5.57. The van der Waals surface area contributed by atoms with Crippen molar-refractivity contribution in [2.75, 3.05) is 20.8 Å². The molecule has 0 aromatic heterocycles. The molecule has 0 amide bonds. The molecule has 0 heterocycles. The Kier molecular flexibility index (Phi) is 4.67. The number of nitrogens with two attached hydrogens (primary N) is 1. The van der Waals surface area contributed by atoms with Crippen molar-refractivity contribution in [1.29, 1.82) is 0 Å². The molecule has 1 aromatic carbocycles. The van der Waals surface area contributed by atoms with Gasteiger partial charge in [0.05, 0.1) is 20.6 Å². The molecule has 2 N–H and O–H groups in total. The zero-order valence-electron chi connectivity index (χ0n) is 10.8. The van der Waals surface area contributed by atoms with Crippen LogP contribution in [0.4, 0.5) is 4.39 Å². The lowest BCUT2D eigenvalue weighted by Gasteiger charge is -2.27. The number of benzene rings is 1. The average molecular weight is 255 g/mol. The standard InChI is InChI=1S/C13H18FNO3/c1-13(8-15,7-12(16)18-3)9-4-5-11(17-2)10(14)6-9/h4-6H,7-8,15H2,1-3H3. The largest absolute Gasteiger partial charge is 0.494 e. The van der Waals surface area contributed by atoms with Gasteiger partial charge in [0.2, 0.25) is 0 Å². The topological polar surface area (TPSA) is 61.5 Å². The molecule has 100 valence electrons. The van der Waals surface area contributed by atoms with Gasteiger partial charge >= 0.3 is 5.97 Å². The second kappa shape index (κ2) is 5.82. The highest BCUT2D eigenvalue weighted by Gasteiger charge is 2.29. The molecule has 1 unspecified atom stereocenters. The first kappa shape index (κ1) is 14.4. The summed E-state index contributed by atoms with van der Waals surface area (Å²) in [6.45, 7) is 2.01. The molecule has 0 spiro atoms. The summed E-state index contributed by atoms with van der Waals surface area (Å²) >= 11 is 0. The number of esters is 1. The van der Waals surface area contributed by atoms with Crippen molar-refractivity contribution in [3.63, 3.8) is 0 Å². The van der Waals surface area contributed by atoms with Crippen LogP contribution in [0.1, 0.15) is 18.9 Å². The van der Waals surface area contributed by atoms with Gasteiger partial charge in [0.15, 0.2) is 11.6 Å². The normalized spacial score (nSPS) is 13.8. The minimum Gasteiger partial charge on any atom is -0.494 e. The van der Waals surface area contributed by atoms with Crippen LogP contribution in [-0.4, -0.2) is 26.7 Å². The maximum atomic E-state index is 13.7. The first-order valence-corrected chi connectivity index (χ1v) is 5.57. The highest BCUT2D eigenvalue weighted by molar-refractivity contribution is 5.71. The third kappa shape index (κ3) is 2.98. The van der Waals surface area contributed by atoms with Crippen LogP contribution in [0.5, 0.6) is 5.75 Å². The summed E-state index contributed by atoms with van der Waals surface area (Å²) in [6.07, 6.45) is 0.103. The van der Waals surface area contributed by atoms with Crippen LogP contribution >= 0.6 is 0 Å². The second-order valence-corrected chi connectivity index (χ2v) is 4.37. The quantitative estimate of drug-likeness (QED) is 0.812. The number of hydrogen-bond acceptors (Lipinski definition) is 4. The van der Waals surface area contributed by atoms with E-state index in [4.69, 9.17) is 10.5 Å². The van der Waals surface area contributed by atoms with E-state index in [0.29, 0.717) is 5.56 Å². The molecule has 0 fully saturated rings. The lowest BCUT2D eigenvalue weighted by Crippen LogP contribution is -2.34. The highest BCUT2D eigenvalue weighted by atomic mass is 19.1. The van der Waals surface area contributed by atoms with Crippen LogP contribution in [0.2, 0.25) is 0 Å². The van der Waals surface area contributed by atoms with E-state index in [1.807, 2.05) is 0 Å². The summed E-state index contributed by atoms with van der Waals surface area (Å²) in [5.41, 5.74) is 5.70. The molecule has 1 atom stereocenters. The Balaban J connectivity index is 3.08. The van der Waals surface area contributed by atoms with Crippen molar-refractivity contribution in [1.82, 2.24) is 0 Å².